The average molecular weight is 265 g/mol. The molecule has 0 spiro atoms. The Morgan fingerprint density at radius 2 is 0.889 bits per heavy atom. The van der Waals surface area contributed by atoms with Crippen LogP contribution in [0.25, 0.3) is 0 Å². The first-order valence-corrected chi connectivity index (χ1v) is 14.2. The minimum atomic E-state index is -0.479. The molecule has 0 aromatic carbocycles. The van der Waals surface area contributed by atoms with Gasteiger partial charge in [0.1, 0.15) is 0 Å². The van der Waals surface area contributed by atoms with Crippen molar-refractivity contribution in [3.63, 3.8) is 0 Å². The molecule has 0 rings (SSSR count). The molecule has 0 N–H and O–H groups in total. The van der Waals surface area contributed by atoms with Gasteiger partial charge < -0.3 is 0 Å². The summed E-state index contributed by atoms with van der Waals surface area (Å²) in [6.45, 7) is 0. The van der Waals surface area contributed by atoms with Gasteiger partial charge in [0.05, 0.1) is 0 Å². The topological polar surface area (TPSA) is 0 Å². The number of hydrogen-bond acceptors (Lipinski definition) is 0. The summed E-state index contributed by atoms with van der Waals surface area (Å²) in [4.78, 5) is 0. The van der Waals surface area contributed by atoms with E-state index in [1.54, 1.807) is 0 Å². The van der Waals surface area contributed by atoms with Crippen LogP contribution in [0.3, 0.4) is 0 Å². The zero-order valence-corrected chi connectivity index (χ0v) is 14.4. The Kier molecular flexibility index (Phi) is 23.4. The fourth-order valence-electron chi connectivity index (χ4n) is 0. The van der Waals surface area contributed by atoms with Crippen molar-refractivity contribution in [2.24, 2.45) is 0 Å². The Morgan fingerprint density at radius 1 is 0.889 bits per heavy atom. The van der Waals surface area contributed by atoms with Gasteiger partial charge >= 0.3 is 50.6 Å². The van der Waals surface area contributed by atoms with Crippen LogP contribution in [0.1, 0.15) is 0 Å². The Labute approximate surface area is 81.5 Å². The molecular formula is C6H21AlAsGa. The van der Waals surface area contributed by atoms with E-state index in [0.717, 1.165) is 0 Å². The van der Waals surface area contributed by atoms with Crippen LogP contribution in [0.2, 0.25) is 33.8 Å². The van der Waals surface area contributed by atoms with Crippen molar-refractivity contribution in [2.45, 2.75) is 33.8 Å². The second-order valence-electron chi connectivity index (χ2n) is 3.46. The van der Waals surface area contributed by atoms with E-state index in [4.69, 9.17) is 0 Å². The number of hydrogen-bond donors (Lipinski definition) is 0. The molecule has 3 heteroatoms. The van der Waals surface area contributed by atoms with Gasteiger partial charge in [-0.3, -0.25) is 0 Å². The van der Waals surface area contributed by atoms with Crippen molar-refractivity contribution in [2.75, 3.05) is 0 Å². The Bertz CT molecular complexity index is 28.5. The maximum absolute atomic E-state index is 2.35. The predicted octanol–water partition coefficient (Wildman–Crippen LogP) is 1.56. The SMILES string of the molecule is [AsH3].[CH3][Al]([CH3])[CH3].[CH3][Ga]([CH3])[CH3]. The van der Waals surface area contributed by atoms with Gasteiger partial charge in [-0.2, -0.15) is 0 Å². The molecule has 1 unspecified atom stereocenters. The van der Waals surface area contributed by atoms with E-state index in [0.29, 0.717) is 0 Å². The molecule has 0 saturated carbocycles. The standard InChI is InChI=1S/6CH3.Al.AsH3.Ga/h6*1H3;;1H3;. The molecule has 0 bridgehead atoms. The molecule has 0 heterocycles. The van der Waals surface area contributed by atoms with Crippen LogP contribution in [-0.2, 0) is 0 Å². The molecular weight excluding hydrogens is 244 g/mol. The van der Waals surface area contributed by atoms with Crippen LogP contribution in [0.15, 0.2) is 0 Å². The van der Waals surface area contributed by atoms with Gasteiger partial charge in [0.2, 0.25) is 0 Å². The van der Waals surface area contributed by atoms with E-state index in [2.05, 4.69) is 33.8 Å². The zero-order valence-electron chi connectivity index (χ0n) is 7.86. The molecule has 0 radical (unpaired) electrons. The van der Waals surface area contributed by atoms with E-state index < -0.39 is 16.2 Å². The summed E-state index contributed by atoms with van der Waals surface area (Å²) in [6.07, 6.45) is 0. The van der Waals surface area contributed by atoms with Crippen molar-refractivity contribution in [3.05, 3.63) is 0 Å². The molecule has 0 saturated heterocycles. The summed E-state index contributed by atoms with van der Waals surface area (Å²) >= 11 is -0.618. The minimum absolute atomic E-state index is 0. The maximum atomic E-state index is 2.35. The molecule has 0 aromatic rings. The molecule has 56 valence electrons. The van der Waals surface area contributed by atoms with Crippen molar-refractivity contribution < 1.29 is 0 Å². The van der Waals surface area contributed by atoms with Gasteiger partial charge in [0.25, 0.3) is 14.1 Å². The van der Waals surface area contributed by atoms with Crippen LogP contribution in [0.5, 0.6) is 0 Å². The van der Waals surface area contributed by atoms with Gasteiger partial charge in [-0.15, -0.1) is 17.4 Å². The molecule has 0 amide bonds. The molecule has 0 aliphatic heterocycles. The summed E-state index contributed by atoms with van der Waals surface area (Å²) in [5, 5.41) is 0. The summed E-state index contributed by atoms with van der Waals surface area (Å²) < 4.78 is 0. The molecule has 0 fully saturated rings. The van der Waals surface area contributed by atoms with Crippen LogP contribution in [0.4, 0.5) is 0 Å². The monoisotopic (exact) mass is 264 g/mol. The summed E-state index contributed by atoms with van der Waals surface area (Å²) in [5.74, 6) is 6.92. The van der Waals surface area contributed by atoms with Crippen LogP contribution in [-0.4, -0.2) is 48.3 Å². The summed E-state index contributed by atoms with van der Waals surface area (Å²) in [5.41, 5.74) is 7.06. The van der Waals surface area contributed by atoms with Crippen LogP contribution >= 0.6 is 0 Å². The van der Waals surface area contributed by atoms with Crippen molar-refractivity contribution >= 4 is 48.3 Å². The van der Waals surface area contributed by atoms with E-state index in [9.17, 15) is 0 Å². The first-order valence-electron chi connectivity index (χ1n) is 3.46. The molecule has 9 heavy (non-hydrogen) atoms. The Balaban J connectivity index is -0.0000000720. The van der Waals surface area contributed by atoms with Crippen molar-refractivity contribution in [1.29, 1.82) is 0 Å². The van der Waals surface area contributed by atoms with E-state index in [-0.39, 0.29) is 32.1 Å². The third kappa shape index (κ3) is 195. The fraction of sp³-hybridized carbons (Fsp3) is 1.00. The van der Waals surface area contributed by atoms with Gasteiger partial charge in [0, 0.05) is 0 Å². The second-order valence-corrected chi connectivity index (χ2v) is 14.2. The fourth-order valence-corrected chi connectivity index (χ4v) is 0. The van der Waals surface area contributed by atoms with Gasteiger partial charge in [0.15, 0.2) is 0 Å². The molecule has 1 atom stereocenters. The summed E-state index contributed by atoms with van der Waals surface area (Å²) in [6, 6.07) is 0. The van der Waals surface area contributed by atoms with Crippen molar-refractivity contribution in [1.82, 2.24) is 0 Å². The van der Waals surface area contributed by atoms with Gasteiger partial charge in [-0.25, -0.2) is 0 Å². The normalized spacial score (nSPS) is 6.00. The Morgan fingerprint density at radius 3 is 0.889 bits per heavy atom. The van der Waals surface area contributed by atoms with Crippen LogP contribution in [0, 0.1) is 0 Å². The zero-order chi connectivity index (χ0) is 7.15. The number of rotatable bonds is 0. The quantitative estimate of drug-likeness (QED) is 0.583. The molecule has 0 aliphatic rings. The van der Waals surface area contributed by atoms with E-state index >= 15 is 0 Å². The van der Waals surface area contributed by atoms with Gasteiger partial charge in [-0.1, -0.05) is 0 Å². The Hall–Kier alpha value is 1.73. The first-order chi connectivity index (χ1) is 3.46. The summed E-state index contributed by atoms with van der Waals surface area (Å²) in [7, 11) is 0. The second kappa shape index (κ2) is 12.4. The molecule has 0 aromatic heterocycles. The van der Waals surface area contributed by atoms with Gasteiger partial charge in [-0.05, 0) is 0 Å². The predicted molar refractivity (Wildman–Crippen MR) is 56.6 cm³/mol. The van der Waals surface area contributed by atoms with Crippen LogP contribution < -0.4 is 0 Å². The third-order valence-electron chi connectivity index (χ3n) is 0. The first kappa shape index (κ1) is 17.0. The third-order valence-corrected chi connectivity index (χ3v) is 0. The molecule has 0 nitrogen and oxygen atoms in total. The van der Waals surface area contributed by atoms with E-state index in [1.807, 2.05) is 0 Å². The molecule has 0 aliphatic carbocycles. The van der Waals surface area contributed by atoms with E-state index in [1.165, 1.54) is 0 Å². The van der Waals surface area contributed by atoms with Crippen molar-refractivity contribution in [3.8, 4) is 0 Å². The average Bonchev–Trinajstić information content (AvgIpc) is 1.25.